The van der Waals surface area contributed by atoms with Gasteiger partial charge in [-0.05, 0) is 42.0 Å². The predicted octanol–water partition coefficient (Wildman–Crippen LogP) is 4.06. The summed E-state index contributed by atoms with van der Waals surface area (Å²) < 4.78 is 1.74. The minimum Gasteiger partial charge on any atom is -0.391 e. The Kier molecular flexibility index (Phi) is 4.89. The van der Waals surface area contributed by atoms with Crippen molar-refractivity contribution in [2.45, 2.75) is 43.4 Å². The first-order chi connectivity index (χ1) is 14.1. The number of thiophene rings is 1. The highest BCUT2D eigenvalue weighted by molar-refractivity contribution is 7.12. The Balaban J connectivity index is 1.47. The number of aromatic nitrogens is 3. The normalized spacial score (nSPS) is 24.6. The fourth-order valence-corrected chi connectivity index (χ4v) is 4.81. The topological polar surface area (TPSA) is 71.2 Å². The number of benzene rings is 1. The van der Waals surface area contributed by atoms with Gasteiger partial charge in [-0.15, -0.1) is 16.4 Å². The van der Waals surface area contributed by atoms with Crippen molar-refractivity contribution in [1.82, 2.24) is 19.9 Å². The molecule has 3 aromatic rings. The van der Waals surface area contributed by atoms with Crippen LogP contribution < -0.4 is 0 Å². The van der Waals surface area contributed by atoms with Crippen LogP contribution in [0.3, 0.4) is 0 Å². The molecule has 0 radical (unpaired) electrons. The van der Waals surface area contributed by atoms with Crippen LogP contribution >= 0.6 is 22.9 Å². The summed E-state index contributed by atoms with van der Waals surface area (Å²) in [5.74, 6) is 0.467. The number of rotatable bonds is 4. The molecule has 150 valence electrons. The molecule has 3 heterocycles. The third-order valence-corrected chi connectivity index (χ3v) is 6.89. The van der Waals surface area contributed by atoms with Crippen LogP contribution in [0.5, 0.6) is 0 Å². The highest BCUT2D eigenvalue weighted by Gasteiger charge is 2.40. The Bertz CT molecular complexity index is 1000. The van der Waals surface area contributed by atoms with Gasteiger partial charge in [0.1, 0.15) is 0 Å². The van der Waals surface area contributed by atoms with E-state index in [-0.39, 0.29) is 18.0 Å². The monoisotopic (exact) mass is 428 g/mol. The van der Waals surface area contributed by atoms with Crippen LogP contribution in [0, 0.1) is 0 Å². The van der Waals surface area contributed by atoms with Crippen LogP contribution in [-0.2, 0) is 0 Å². The van der Waals surface area contributed by atoms with Crippen molar-refractivity contribution in [2.24, 2.45) is 0 Å². The SMILES string of the molecule is O=C(c1cccs1)N1C[C@@H](n2cc(C3CC3)nn2)[C@@H](O)C[C@@H]1c1ccc(Cl)cc1. The number of nitrogens with zero attached hydrogens (tertiary/aromatic N) is 4. The molecule has 1 saturated carbocycles. The van der Waals surface area contributed by atoms with Crippen molar-refractivity contribution in [3.63, 3.8) is 0 Å². The molecule has 5 rings (SSSR count). The van der Waals surface area contributed by atoms with Gasteiger partial charge < -0.3 is 10.0 Å². The van der Waals surface area contributed by atoms with Gasteiger partial charge in [-0.25, -0.2) is 4.68 Å². The number of amides is 1. The smallest absolute Gasteiger partial charge is 0.264 e. The lowest BCUT2D eigenvalue weighted by Gasteiger charge is -2.42. The maximum Gasteiger partial charge on any atom is 0.264 e. The zero-order valence-corrected chi connectivity index (χ0v) is 17.3. The molecular weight excluding hydrogens is 408 g/mol. The summed E-state index contributed by atoms with van der Waals surface area (Å²) in [5, 5.41) is 22.1. The van der Waals surface area contributed by atoms with E-state index in [1.54, 1.807) is 4.68 Å². The van der Waals surface area contributed by atoms with Gasteiger partial charge in [-0.2, -0.15) is 0 Å². The second kappa shape index (κ2) is 7.55. The number of aliphatic hydroxyl groups excluding tert-OH is 1. The number of hydrogen-bond donors (Lipinski definition) is 1. The molecule has 6 nitrogen and oxygen atoms in total. The fraction of sp³-hybridized carbons (Fsp3) is 0.381. The van der Waals surface area contributed by atoms with Crippen molar-refractivity contribution in [2.75, 3.05) is 6.54 Å². The van der Waals surface area contributed by atoms with E-state index in [0.717, 1.165) is 24.1 Å². The summed E-state index contributed by atoms with van der Waals surface area (Å²) in [6.07, 6.45) is 4.03. The summed E-state index contributed by atoms with van der Waals surface area (Å²) in [6.45, 7) is 0.374. The Hall–Kier alpha value is -2.22. The number of likely N-dealkylation sites (tertiary alicyclic amines) is 1. The van der Waals surface area contributed by atoms with Crippen LogP contribution in [0.4, 0.5) is 0 Å². The summed E-state index contributed by atoms with van der Waals surface area (Å²) in [4.78, 5) is 15.8. The molecule has 1 saturated heterocycles. The van der Waals surface area contributed by atoms with E-state index >= 15 is 0 Å². The molecule has 29 heavy (non-hydrogen) atoms. The first-order valence-electron chi connectivity index (χ1n) is 9.80. The average Bonchev–Trinajstić information content (AvgIpc) is 3.22. The third-order valence-electron chi connectivity index (χ3n) is 5.78. The molecule has 3 atom stereocenters. The van der Waals surface area contributed by atoms with E-state index in [0.29, 0.717) is 28.8 Å². The lowest BCUT2D eigenvalue weighted by molar-refractivity contribution is -0.00165. The molecule has 2 fully saturated rings. The van der Waals surface area contributed by atoms with Crippen molar-refractivity contribution in [3.05, 3.63) is 69.1 Å². The van der Waals surface area contributed by atoms with E-state index in [2.05, 4.69) is 10.3 Å². The Labute approximate surface area is 177 Å². The maximum atomic E-state index is 13.3. The average molecular weight is 429 g/mol. The van der Waals surface area contributed by atoms with Crippen molar-refractivity contribution >= 4 is 28.8 Å². The number of halogens is 1. The van der Waals surface area contributed by atoms with Crippen LogP contribution in [-0.4, -0.2) is 43.6 Å². The molecule has 1 aliphatic heterocycles. The van der Waals surface area contributed by atoms with Crippen LogP contribution in [0.25, 0.3) is 0 Å². The van der Waals surface area contributed by atoms with Gasteiger partial charge in [-0.3, -0.25) is 4.79 Å². The quantitative estimate of drug-likeness (QED) is 0.680. The van der Waals surface area contributed by atoms with Gasteiger partial charge in [0.25, 0.3) is 5.91 Å². The fourth-order valence-electron chi connectivity index (χ4n) is 4.01. The molecule has 1 amide bonds. The van der Waals surface area contributed by atoms with Gasteiger partial charge in [0, 0.05) is 30.1 Å². The minimum absolute atomic E-state index is 0.0284. The molecule has 1 aliphatic carbocycles. The van der Waals surface area contributed by atoms with Gasteiger partial charge in [0.05, 0.1) is 28.8 Å². The van der Waals surface area contributed by atoms with E-state index in [1.165, 1.54) is 11.3 Å². The Morgan fingerprint density at radius 3 is 2.69 bits per heavy atom. The number of aliphatic hydroxyl groups is 1. The zero-order chi connectivity index (χ0) is 20.0. The predicted molar refractivity (Wildman–Crippen MR) is 111 cm³/mol. The summed E-state index contributed by atoms with van der Waals surface area (Å²) in [7, 11) is 0. The highest BCUT2D eigenvalue weighted by Crippen LogP contribution is 2.40. The van der Waals surface area contributed by atoms with Gasteiger partial charge >= 0.3 is 0 Å². The van der Waals surface area contributed by atoms with Crippen LogP contribution in [0.1, 0.15) is 58.2 Å². The van der Waals surface area contributed by atoms with Crippen LogP contribution in [0.2, 0.25) is 5.02 Å². The van der Waals surface area contributed by atoms with Gasteiger partial charge in [0.15, 0.2) is 0 Å². The molecule has 0 unspecified atom stereocenters. The largest absolute Gasteiger partial charge is 0.391 e. The minimum atomic E-state index is -0.628. The summed E-state index contributed by atoms with van der Waals surface area (Å²) >= 11 is 7.48. The highest BCUT2D eigenvalue weighted by atomic mass is 35.5. The molecule has 2 aliphatic rings. The number of piperidine rings is 1. The Morgan fingerprint density at radius 2 is 2.00 bits per heavy atom. The van der Waals surface area contributed by atoms with Crippen molar-refractivity contribution in [3.8, 4) is 0 Å². The molecule has 0 spiro atoms. The first kappa shape index (κ1) is 18.8. The van der Waals surface area contributed by atoms with E-state index < -0.39 is 6.10 Å². The van der Waals surface area contributed by atoms with Gasteiger partial charge in [0.2, 0.25) is 0 Å². The summed E-state index contributed by atoms with van der Waals surface area (Å²) in [6, 6.07) is 10.7. The first-order valence-corrected chi connectivity index (χ1v) is 11.1. The molecule has 1 aromatic carbocycles. The van der Waals surface area contributed by atoms with Crippen molar-refractivity contribution < 1.29 is 9.90 Å². The molecule has 8 heteroatoms. The number of carbonyl (C=O) groups excluding carboxylic acids is 1. The van der Waals surface area contributed by atoms with Crippen molar-refractivity contribution in [1.29, 1.82) is 0 Å². The van der Waals surface area contributed by atoms with E-state index in [1.807, 2.05) is 52.9 Å². The van der Waals surface area contributed by atoms with Crippen LogP contribution in [0.15, 0.2) is 48.0 Å². The maximum absolute atomic E-state index is 13.3. The second-order valence-electron chi connectivity index (χ2n) is 7.77. The third kappa shape index (κ3) is 3.70. The van der Waals surface area contributed by atoms with Gasteiger partial charge in [-0.1, -0.05) is 35.0 Å². The standard InChI is InChI=1S/C21H21ClN4O2S/c22-15-7-5-14(6-8-15)17-10-19(27)18(26-11-16(23-24-26)13-3-4-13)12-25(17)21(28)20-2-1-9-29-20/h1-2,5-9,11,13,17-19,27H,3-4,10,12H2/t17-,18-,19+/m1/s1. The van der Waals surface area contributed by atoms with E-state index in [4.69, 9.17) is 11.6 Å². The molecular formula is C21H21ClN4O2S. The zero-order valence-electron chi connectivity index (χ0n) is 15.7. The van der Waals surface area contributed by atoms with E-state index in [9.17, 15) is 9.90 Å². The molecule has 0 bridgehead atoms. The second-order valence-corrected chi connectivity index (χ2v) is 9.15. The molecule has 2 aromatic heterocycles. The number of hydrogen-bond acceptors (Lipinski definition) is 5. The number of carbonyl (C=O) groups is 1. The Morgan fingerprint density at radius 1 is 1.21 bits per heavy atom. The lowest BCUT2D eigenvalue weighted by Crippen LogP contribution is -2.48. The molecule has 1 N–H and O–H groups in total. The summed E-state index contributed by atoms with van der Waals surface area (Å²) in [5.41, 5.74) is 1.95. The lowest BCUT2D eigenvalue weighted by atomic mass is 9.90.